The third-order valence-corrected chi connectivity index (χ3v) is 6.34. The first kappa shape index (κ1) is 16.3. The molecule has 0 aliphatic heterocycles. The van der Waals surface area contributed by atoms with Gasteiger partial charge in [0, 0.05) is 16.5 Å². The van der Waals surface area contributed by atoms with E-state index in [0.717, 1.165) is 36.5 Å². The van der Waals surface area contributed by atoms with Gasteiger partial charge < -0.3 is 0 Å². The molecule has 4 rings (SSSR count). The molecule has 0 radical (unpaired) electrons. The molecule has 0 heterocycles. The zero-order valence-corrected chi connectivity index (χ0v) is 15.3. The summed E-state index contributed by atoms with van der Waals surface area (Å²) in [6, 6.07) is 12.3. The number of carbonyl (C=O) groups is 2. The molecule has 0 atom stereocenters. The molecule has 0 saturated carbocycles. The Kier molecular flexibility index (Phi) is 3.19. The van der Waals surface area contributed by atoms with Crippen molar-refractivity contribution in [3.63, 3.8) is 0 Å². The Morgan fingerprint density at radius 3 is 1.44 bits per heavy atom. The highest BCUT2D eigenvalue weighted by molar-refractivity contribution is 5.78. The van der Waals surface area contributed by atoms with Crippen molar-refractivity contribution in [1.29, 1.82) is 0 Å². The molecule has 128 valence electrons. The number of carbonyl (C=O) groups excluding carboxylic acids is 2. The molecule has 2 aliphatic carbocycles. The van der Waals surface area contributed by atoms with Crippen LogP contribution in [0.1, 0.15) is 83.5 Å². The quantitative estimate of drug-likeness (QED) is 0.728. The number of hydrogen-bond acceptors (Lipinski definition) is 2. The normalized spacial score (nSPS) is 21.0. The van der Waals surface area contributed by atoms with Gasteiger partial charge in [-0.2, -0.15) is 0 Å². The highest BCUT2D eigenvalue weighted by Gasteiger charge is 2.56. The second kappa shape index (κ2) is 4.91. The average Bonchev–Trinajstić information content (AvgIpc) is 2.94. The lowest BCUT2D eigenvalue weighted by atomic mass is 9.72. The topological polar surface area (TPSA) is 34.1 Å². The predicted octanol–water partition coefficient (Wildman–Crippen LogP) is 4.96. The molecule has 0 fully saturated rings. The first-order chi connectivity index (χ1) is 11.7. The second-order valence-electron chi connectivity index (χ2n) is 9.05. The summed E-state index contributed by atoms with van der Waals surface area (Å²) in [5.41, 5.74) is 6.65. The molecular formula is C23H24O2. The lowest BCUT2D eigenvalue weighted by Crippen LogP contribution is -2.27. The Morgan fingerprint density at radius 1 is 0.680 bits per heavy atom. The van der Waals surface area contributed by atoms with E-state index in [1.54, 1.807) is 0 Å². The highest BCUT2D eigenvalue weighted by atomic mass is 16.1. The van der Waals surface area contributed by atoms with Crippen LogP contribution in [0.3, 0.4) is 0 Å². The first-order valence-corrected chi connectivity index (χ1v) is 8.94. The first-order valence-electron chi connectivity index (χ1n) is 8.94. The van der Waals surface area contributed by atoms with E-state index < -0.39 is 0 Å². The van der Waals surface area contributed by atoms with Crippen LogP contribution in [0.5, 0.6) is 0 Å². The highest BCUT2D eigenvalue weighted by Crippen LogP contribution is 2.62. The van der Waals surface area contributed by atoms with Crippen molar-refractivity contribution in [3.8, 4) is 0 Å². The largest absolute Gasteiger partial charge is 0.298 e. The van der Waals surface area contributed by atoms with Gasteiger partial charge in [0.25, 0.3) is 0 Å². The minimum atomic E-state index is -0.115. The molecule has 0 bridgehead atoms. The summed E-state index contributed by atoms with van der Waals surface area (Å²) in [6.07, 6.45) is 3.89. The molecule has 0 unspecified atom stereocenters. The minimum absolute atomic E-state index is 0.0472. The van der Waals surface area contributed by atoms with Crippen molar-refractivity contribution in [2.75, 3.05) is 0 Å². The molecule has 0 saturated heterocycles. The van der Waals surface area contributed by atoms with E-state index in [9.17, 15) is 9.59 Å². The van der Waals surface area contributed by atoms with Crippen LogP contribution in [0.4, 0.5) is 0 Å². The molecule has 2 heteroatoms. The summed E-state index contributed by atoms with van der Waals surface area (Å²) in [7, 11) is 0. The molecule has 0 amide bonds. The summed E-state index contributed by atoms with van der Waals surface area (Å²) in [6.45, 7) is 9.15. The van der Waals surface area contributed by atoms with Gasteiger partial charge in [-0.05, 0) is 58.1 Å². The van der Waals surface area contributed by atoms with Crippen LogP contribution in [0, 0.1) is 0 Å². The molecule has 0 N–H and O–H groups in total. The Morgan fingerprint density at radius 2 is 1.08 bits per heavy atom. The van der Waals surface area contributed by atoms with Crippen LogP contribution in [-0.4, -0.2) is 12.6 Å². The maximum atomic E-state index is 11.4. The van der Waals surface area contributed by atoms with Gasteiger partial charge in [0.1, 0.15) is 12.6 Å². The standard InChI is InChI=1S/C23H24O2/c1-21(2)13-23(19-9-15(11-24)5-7-17(19)21)14-22(3,4)18-8-6-16(12-25)10-20(18)23/h5-12H,13-14H2,1-4H3. The van der Waals surface area contributed by atoms with E-state index in [1.165, 1.54) is 22.3 Å². The summed E-state index contributed by atoms with van der Waals surface area (Å²) in [4.78, 5) is 22.8. The number of benzene rings is 2. The SMILES string of the molecule is CC1(C)CC2(CC(C)(C)c3ccc(C=O)cc32)c2cc(C=O)ccc21. The van der Waals surface area contributed by atoms with Crippen LogP contribution in [-0.2, 0) is 16.2 Å². The van der Waals surface area contributed by atoms with Crippen molar-refractivity contribution in [3.05, 3.63) is 69.8 Å². The van der Waals surface area contributed by atoms with Crippen LogP contribution < -0.4 is 0 Å². The average molecular weight is 332 g/mol. The Balaban J connectivity index is 2.05. The van der Waals surface area contributed by atoms with E-state index >= 15 is 0 Å². The number of hydrogen-bond donors (Lipinski definition) is 0. The third-order valence-electron chi connectivity index (χ3n) is 6.34. The van der Waals surface area contributed by atoms with E-state index in [2.05, 4.69) is 52.0 Å². The summed E-state index contributed by atoms with van der Waals surface area (Å²) in [5.74, 6) is 0. The Bertz CT molecular complexity index is 827. The minimum Gasteiger partial charge on any atom is -0.298 e. The molecule has 2 nitrogen and oxygen atoms in total. The number of fused-ring (bicyclic) bond motifs is 4. The summed E-state index contributed by atoms with van der Waals surface area (Å²) in [5, 5.41) is 0. The van der Waals surface area contributed by atoms with Gasteiger partial charge in [-0.25, -0.2) is 0 Å². The van der Waals surface area contributed by atoms with Crippen LogP contribution >= 0.6 is 0 Å². The Labute approximate surface area is 149 Å². The van der Waals surface area contributed by atoms with Gasteiger partial charge in [0.2, 0.25) is 0 Å². The molecular weight excluding hydrogens is 308 g/mol. The number of aldehydes is 2. The smallest absolute Gasteiger partial charge is 0.150 e. The zero-order chi connectivity index (χ0) is 18.0. The lowest BCUT2D eigenvalue weighted by molar-refractivity contribution is 0.111. The van der Waals surface area contributed by atoms with Crippen molar-refractivity contribution < 1.29 is 9.59 Å². The van der Waals surface area contributed by atoms with Gasteiger partial charge in [0.05, 0.1) is 0 Å². The van der Waals surface area contributed by atoms with Crippen molar-refractivity contribution in [2.45, 2.75) is 56.8 Å². The van der Waals surface area contributed by atoms with E-state index in [4.69, 9.17) is 0 Å². The van der Waals surface area contributed by atoms with Gasteiger partial charge >= 0.3 is 0 Å². The van der Waals surface area contributed by atoms with Crippen molar-refractivity contribution in [2.24, 2.45) is 0 Å². The monoisotopic (exact) mass is 332 g/mol. The van der Waals surface area contributed by atoms with Crippen LogP contribution in [0.15, 0.2) is 36.4 Å². The predicted molar refractivity (Wildman–Crippen MR) is 99.7 cm³/mol. The zero-order valence-electron chi connectivity index (χ0n) is 15.3. The van der Waals surface area contributed by atoms with Gasteiger partial charge in [-0.1, -0.05) is 52.0 Å². The van der Waals surface area contributed by atoms with E-state index in [-0.39, 0.29) is 16.2 Å². The van der Waals surface area contributed by atoms with Gasteiger partial charge in [0.15, 0.2) is 0 Å². The van der Waals surface area contributed by atoms with Gasteiger partial charge in [-0.15, -0.1) is 0 Å². The third kappa shape index (κ3) is 2.09. The fraction of sp³-hybridized carbons (Fsp3) is 0.391. The maximum absolute atomic E-state index is 11.4. The molecule has 2 aromatic rings. The fourth-order valence-electron chi connectivity index (χ4n) is 5.53. The lowest BCUT2D eigenvalue weighted by Gasteiger charge is -2.30. The van der Waals surface area contributed by atoms with Crippen molar-refractivity contribution >= 4 is 12.6 Å². The van der Waals surface area contributed by atoms with Crippen LogP contribution in [0.25, 0.3) is 0 Å². The second-order valence-corrected chi connectivity index (χ2v) is 9.05. The number of rotatable bonds is 2. The maximum Gasteiger partial charge on any atom is 0.150 e. The summed E-state index contributed by atoms with van der Waals surface area (Å²) >= 11 is 0. The van der Waals surface area contributed by atoms with Crippen molar-refractivity contribution in [1.82, 2.24) is 0 Å². The molecule has 1 spiro atoms. The fourth-order valence-corrected chi connectivity index (χ4v) is 5.53. The molecule has 25 heavy (non-hydrogen) atoms. The molecule has 2 aliphatic rings. The van der Waals surface area contributed by atoms with Gasteiger partial charge in [-0.3, -0.25) is 9.59 Å². The summed E-state index contributed by atoms with van der Waals surface area (Å²) < 4.78 is 0. The molecule has 2 aromatic carbocycles. The molecule has 0 aromatic heterocycles. The van der Waals surface area contributed by atoms with E-state index in [1.807, 2.05) is 12.1 Å². The van der Waals surface area contributed by atoms with Crippen LogP contribution in [0.2, 0.25) is 0 Å². The van der Waals surface area contributed by atoms with E-state index in [0.29, 0.717) is 0 Å². The Hall–Kier alpha value is -2.22.